The van der Waals surface area contributed by atoms with Crippen molar-refractivity contribution >= 4 is 16.7 Å². The first kappa shape index (κ1) is 16.8. The van der Waals surface area contributed by atoms with Gasteiger partial charge in [-0.2, -0.15) is 0 Å². The van der Waals surface area contributed by atoms with Crippen molar-refractivity contribution < 1.29 is 4.74 Å². The van der Waals surface area contributed by atoms with Crippen molar-refractivity contribution in [3.05, 3.63) is 48.0 Å². The van der Waals surface area contributed by atoms with E-state index in [1.807, 2.05) is 7.05 Å². The van der Waals surface area contributed by atoms with Gasteiger partial charge in [0.15, 0.2) is 5.96 Å². The van der Waals surface area contributed by atoms with Crippen LogP contribution in [0.5, 0.6) is 0 Å². The largest absolute Gasteiger partial charge is 0.378 e. The Hall–Kier alpha value is -2.07. The van der Waals surface area contributed by atoms with E-state index in [4.69, 9.17) is 4.74 Å². The highest BCUT2D eigenvalue weighted by Gasteiger charge is 2.21. The van der Waals surface area contributed by atoms with E-state index in [0.717, 1.165) is 45.0 Å². The maximum absolute atomic E-state index is 5.74. The van der Waals surface area contributed by atoms with E-state index in [0.29, 0.717) is 6.10 Å². The molecule has 0 spiro atoms. The standard InChI is InChI=1S/C20H27N3O/c1-3-24-18-11-13-23(14-12-18)20(21-2)22-15-17-9-6-8-16-7-4-5-10-19(16)17/h4-10,18H,3,11-15H2,1-2H3,(H,21,22). The summed E-state index contributed by atoms with van der Waals surface area (Å²) >= 11 is 0. The van der Waals surface area contributed by atoms with Crippen molar-refractivity contribution in [2.75, 3.05) is 26.7 Å². The molecular weight excluding hydrogens is 298 g/mol. The third-order valence-electron chi connectivity index (χ3n) is 4.67. The maximum Gasteiger partial charge on any atom is 0.193 e. The summed E-state index contributed by atoms with van der Waals surface area (Å²) in [5, 5.41) is 6.11. The first-order valence-corrected chi connectivity index (χ1v) is 8.85. The fourth-order valence-corrected chi connectivity index (χ4v) is 3.42. The van der Waals surface area contributed by atoms with Crippen LogP contribution in [-0.2, 0) is 11.3 Å². The predicted molar refractivity (Wildman–Crippen MR) is 100 cm³/mol. The van der Waals surface area contributed by atoms with E-state index in [9.17, 15) is 0 Å². The van der Waals surface area contributed by atoms with Gasteiger partial charge in [-0.1, -0.05) is 42.5 Å². The summed E-state index contributed by atoms with van der Waals surface area (Å²) in [6.07, 6.45) is 2.55. The zero-order valence-electron chi connectivity index (χ0n) is 14.7. The Morgan fingerprint density at radius 3 is 2.67 bits per heavy atom. The topological polar surface area (TPSA) is 36.9 Å². The molecule has 1 heterocycles. The summed E-state index contributed by atoms with van der Waals surface area (Å²) < 4.78 is 5.74. The van der Waals surface area contributed by atoms with Crippen molar-refractivity contribution in [1.82, 2.24) is 10.2 Å². The second kappa shape index (κ2) is 8.15. The zero-order valence-corrected chi connectivity index (χ0v) is 14.7. The molecule has 24 heavy (non-hydrogen) atoms. The number of guanidine groups is 1. The van der Waals surface area contributed by atoms with Crippen LogP contribution in [0.1, 0.15) is 25.3 Å². The number of piperidine rings is 1. The van der Waals surface area contributed by atoms with E-state index in [2.05, 4.69) is 64.6 Å². The molecule has 2 aromatic carbocycles. The Balaban J connectivity index is 1.62. The molecular formula is C20H27N3O. The SMILES string of the molecule is CCOC1CCN(C(=NC)NCc2cccc3ccccc23)CC1. The summed E-state index contributed by atoms with van der Waals surface area (Å²) in [4.78, 5) is 6.80. The van der Waals surface area contributed by atoms with Crippen LogP contribution in [-0.4, -0.2) is 43.7 Å². The third kappa shape index (κ3) is 3.88. The smallest absolute Gasteiger partial charge is 0.193 e. The molecule has 0 bridgehead atoms. The molecule has 3 rings (SSSR count). The highest BCUT2D eigenvalue weighted by atomic mass is 16.5. The number of aliphatic imine (C=N–C) groups is 1. The summed E-state index contributed by atoms with van der Waals surface area (Å²) in [7, 11) is 1.86. The monoisotopic (exact) mass is 325 g/mol. The Bertz CT molecular complexity index is 685. The minimum atomic E-state index is 0.405. The third-order valence-corrected chi connectivity index (χ3v) is 4.67. The van der Waals surface area contributed by atoms with Crippen LogP contribution in [0.2, 0.25) is 0 Å². The summed E-state index contributed by atoms with van der Waals surface area (Å²) in [5.74, 6) is 0.984. The summed E-state index contributed by atoms with van der Waals surface area (Å²) in [6.45, 7) is 5.66. The van der Waals surface area contributed by atoms with Gasteiger partial charge in [-0.3, -0.25) is 4.99 Å². The lowest BCUT2D eigenvalue weighted by atomic mass is 10.0. The lowest BCUT2D eigenvalue weighted by Crippen LogP contribution is -2.46. The maximum atomic E-state index is 5.74. The van der Waals surface area contributed by atoms with E-state index >= 15 is 0 Å². The number of likely N-dealkylation sites (tertiary alicyclic amines) is 1. The fraction of sp³-hybridized carbons (Fsp3) is 0.450. The lowest BCUT2D eigenvalue weighted by molar-refractivity contribution is 0.0263. The van der Waals surface area contributed by atoms with E-state index in [-0.39, 0.29) is 0 Å². The fourth-order valence-electron chi connectivity index (χ4n) is 3.42. The van der Waals surface area contributed by atoms with Gasteiger partial charge in [-0.25, -0.2) is 0 Å². The van der Waals surface area contributed by atoms with Crippen molar-refractivity contribution in [3.8, 4) is 0 Å². The molecule has 0 radical (unpaired) electrons. The van der Waals surface area contributed by atoms with Crippen LogP contribution in [0, 0.1) is 0 Å². The highest BCUT2D eigenvalue weighted by Crippen LogP contribution is 2.19. The minimum absolute atomic E-state index is 0.405. The first-order chi connectivity index (χ1) is 11.8. The molecule has 1 aliphatic rings. The molecule has 1 fully saturated rings. The lowest BCUT2D eigenvalue weighted by Gasteiger charge is -2.34. The summed E-state index contributed by atoms with van der Waals surface area (Å²) in [5.41, 5.74) is 1.30. The number of fused-ring (bicyclic) bond motifs is 1. The molecule has 0 amide bonds. The molecule has 0 atom stereocenters. The van der Waals surface area contributed by atoms with Gasteiger partial charge in [-0.05, 0) is 36.1 Å². The van der Waals surface area contributed by atoms with E-state index < -0.39 is 0 Å². The number of hydrogen-bond donors (Lipinski definition) is 1. The van der Waals surface area contributed by atoms with Crippen molar-refractivity contribution in [2.24, 2.45) is 4.99 Å². The normalized spacial score (nSPS) is 16.6. The molecule has 1 N–H and O–H groups in total. The number of hydrogen-bond acceptors (Lipinski definition) is 2. The molecule has 2 aromatic rings. The molecule has 0 aliphatic carbocycles. The highest BCUT2D eigenvalue weighted by molar-refractivity contribution is 5.86. The average molecular weight is 325 g/mol. The molecule has 1 saturated heterocycles. The Labute approximate surface area is 144 Å². The molecule has 0 saturated carbocycles. The van der Waals surface area contributed by atoms with Gasteiger partial charge in [0.25, 0.3) is 0 Å². The number of ether oxygens (including phenoxy) is 1. The van der Waals surface area contributed by atoms with Gasteiger partial charge < -0.3 is 15.0 Å². The molecule has 128 valence electrons. The Morgan fingerprint density at radius 2 is 1.92 bits per heavy atom. The van der Waals surface area contributed by atoms with Gasteiger partial charge >= 0.3 is 0 Å². The average Bonchev–Trinajstić information content (AvgIpc) is 2.64. The van der Waals surface area contributed by atoms with Gasteiger partial charge in [0.1, 0.15) is 0 Å². The van der Waals surface area contributed by atoms with Crippen molar-refractivity contribution in [3.63, 3.8) is 0 Å². The molecule has 0 aromatic heterocycles. The Kier molecular flexibility index (Phi) is 5.70. The first-order valence-electron chi connectivity index (χ1n) is 8.85. The second-order valence-electron chi connectivity index (χ2n) is 6.18. The van der Waals surface area contributed by atoms with Crippen LogP contribution < -0.4 is 5.32 Å². The number of rotatable bonds is 4. The molecule has 1 aliphatic heterocycles. The number of nitrogens with one attached hydrogen (secondary N) is 1. The van der Waals surface area contributed by atoms with Gasteiger partial charge in [0.05, 0.1) is 6.10 Å². The van der Waals surface area contributed by atoms with Gasteiger partial charge in [0.2, 0.25) is 0 Å². The van der Waals surface area contributed by atoms with Crippen LogP contribution in [0.3, 0.4) is 0 Å². The molecule has 4 heteroatoms. The van der Waals surface area contributed by atoms with Crippen LogP contribution in [0.15, 0.2) is 47.5 Å². The van der Waals surface area contributed by atoms with Crippen LogP contribution >= 0.6 is 0 Å². The summed E-state index contributed by atoms with van der Waals surface area (Å²) in [6, 6.07) is 15.0. The molecule has 4 nitrogen and oxygen atoms in total. The van der Waals surface area contributed by atoms with E-state index in [1.165, 1.54) is 16.3 Å². The zero-order chi connectivity index (χ0) is 16.8. The predicted octanol–water partition coefficient (Wildman–Crippen LogP) is 3.42. The Morgan fingerprint density at radius 1 is 1.17 bits per heavy atom. The van der Waals surface area contributed by atoms with Crippen molar-refractivity contribution in [1.29, 1.82) is 0 Å². The number of nitrogens with zero attached hydrogens (tertiary/aromatic N) is 2. The van der Waals surface area contributed by atoms with Crippen LogP contribution in [0.25, 0.3) is 10.8 Å². The molecule has 0 unspecified atom stereocenters. The van der Waals surface area contributed by atoms with E-state index in [1.54, 1.807) is 0 Å². The minimum Gasteiger partial charge on any atom is -0.378 e. The van der Waals surface area contributed by atoms with Crippen LogP contribution in [0.4, 0.5) is 0 Å². The van der Waals surface area contributed by atoms with Gasteiger partial charge in [-0.15, -0.1) is 0 Å². The second-order valence-corrected chi connectivity index (χ2v) is 6.18. The quantitative estimate of drug-likeness (QED) is 0.691. The number of benzene rings is 2. The van der Waals surface area contributed by atoms with Crippen molar-refractivity contribution in [2.45, 2.75) is 32.4 Å². The van der Waals surface area contributed by atoms with Gasteiger partial charge in [0, 0.05) is 33.3 Å².